The zero-order chi connectivity index (χ0) is 10.7. The van der Waals surface area contributed by atoms with Crippen LogP contribution in [-0.4, -0.2) is 11.1 Å². The van der Waals surface area contributed by atoms with Crippen molar-refractivity contribution in [2.75, 3.05) is 5.73 Å². The zero-order valence-corrected chi connectivity index (χ0v) is 7.74. The van der Waals surface area contributed by atoms with E-state index in [1.165, 1.54) is 6.07 Å². The third kappa shape index (κ3) is 2.02. The molecule has 14 heavy (non-hydrogen) atoms. The molecule has 0 unspecified atom stereocenters. The Bertz CT molecular complexity index is 396. The third-order valence-corrected chi connectivity index (χ3v) is 1.96. The summed E-state index contributed by atoms with van der Waals surface area (Å²) in [6, 6.07) is 5.09. The lowest BCUT2D eigenvalue weighted by molar-refractivity contribution is -0.136. The molecule has 0 amide bonds. The normalized spacial score (nSPS) is 9.43. The molecule has 0 bridgehead atoms. The third-order valence-electron chi connectivity index (χ3n) is 1.96. The van der Waals surface area contributed by atoms with Crippen molar-refractivity contribution in [2.24, 2.45) is 0 Å². The summed E-state index contributed by atoms with van der Waals surface area (Å²) in [7, 11) is 0. The SMILES string of the molecule is Cc1cc(C#N)cc(N)c1CC(=O)O. The first kappa shape index (κ1) is 10.1. The minimum atomic E-state index is -0.926. The molecule has 1 aromatic rings. The van der Waals surface area contributed by atoms with E-state index < -0.39 is 5.97 Å². The van der Waals surface area contributed by atoms with Gasteiger partial charge in [-0.1, -0.05) is 0 Å². The fraction of sp³-hybridized carbons (Fsp3) is 0.200. The van der Waals surface area contributed by atoms with Crippen molar-refractivity contribution in [3.8, 4) is 6.07 Å². The van der Waals surface area contributed by atoms with Gasteiger partial charge in [0.05, 0.1) is 18.1 Å². The number of nitrogens with zero attached hydrogens (tertiary/aromatic N) is 1. The summed E-state index contributed by atoms with van der Waals surface area (Å²) in [5.74, 6) is -0.926. The van der Waals surface area contributed by atoms with Crippen LogP contribution < -0.4 is 5.73 Å². The topological polar surface area (TPSA) is 87.1 Å². The van der Waals surface area contributed by atoms with Crippen molar-refractivity contribution >= 4 is 11.7 Å². The van der Waals surface area contributed by atoms with Crippen LogP contribution in [0.4, 0.5) is 5.69 Å². The van der Waals surface area contributed by atoms with E-state index in [2.05, 4.69) is 0 Å². The number of carbonyl (C=O) groups is 1. The molecule has 3 N–H and O–H groups in total. The number of aliphatic carboxylic acids is 1. The summed E-state index contributed by atoms with van der Waals surface area (Å²) < 4.78 is 0. The van der Waals surface area contributed by atoms with Gasteiger partial charge in [-0.3, -0.25) is 4.79 Å². The van der Waals surface area contributed by atoms with Crippen LogP contribution in [0.1, 0.15) is 16.7 Å². The van der Waals surface area contributed by atoms with Crippen molar-refractivity contribution in [3.63, 3.8) is 0 Å². The smallest absolute Gasteiger partial charge is 0.307 e. The van der Waals surface area contributed by atoms with Gasteiger partial charge < -0.3 is 10.8 Å². The van der Waals surface area contributed by atoms with Crippen LogP contribution >= 0.6 is 0 Å². The molecule has 0 fully saturated rings. The molecule has 0 saturated heterocycles. The second-order valence-electron chi connectivity index (χ2n) is 3.04. The molecule has 0 aliphatic carbocycles. The molecule has 4 heteroatoms. The Morgan fingerprint density at radius 1 is 1.64 bits per heavy atom. The van der Waals surface area contributed by atoms with E-state index in [1.54, 1.807) is 13.0 Å². The zero-order valence-electron chi connectivity index (χ0n) is 7.74. The van der Waals surface area contributed by atoms with E-state index in [0.29, 0.717) is 16.8 Å². The number of nitrogens with two attached hydrogens (primary N) is 1. The molecule has 4 nitrogen and oxygen atoms in total. The largest absolute Gasteiger partial charge is 0.481 e. The summed E-state index contributed by atoms with van der Waals surface area (Å²) >= 11 is 0. The van der Waals surface area contributed by atoms with Crippen LogP contribution in [0.2, 0.25) is 0 Å². The molecule has 0 radical (unpaired) electrons. The molecule has 72 valence electrons. The van der Waals surface area contributed by atoms with Crippen molar-refractivity contribution in [1.29, 1.82) is 5.26 Å². The van der Waals surface area contributed by atoms with E-state index in [9.17, 15) is 4.79 Å². The molecule has 1 aromatic carbocycles. The van der Waals surface area contributed by atoms with Gasteiger partial charge in [-0.15, -0.1) is 0 Å². The monoisotopic (exact) mass is 190 g/mol. The first-order valence-electron chi connectivity index (χ1n) is 4.05. The maximum Gasteiger partial charge on any atom is 0.307 e. The minimum Gasteiger partial charge on any atom is -0.481 e. The number of carboxylic acids is 1. The molecule has 0 heterocycles. The molecular formula is C10H10N2O2. The molecule has 0 saturated carbocycles. The standard InChI is InChI=1S/C10H10N2O2/c1-6-2-7(5-11)3-9(12)8(6)4-10(13)14/h2-3H,4,12H2,1H3,(H,13,14). The van der Waals surface area contributed by atoms with Crippen LogP contribution in [0.25, 0.3) is 0 Å². The van der Waals surface area contributed by atoms with Crippen LogP contribution in [0, 0.1) is 18.3 Å². The van der Waals surface area contributed by atoms with E-state index in [0.717, 1.165) is 5.56 Å². The predicted molar refractivity (Wildman–Crippen MR) is 51.6 cm³/mol. The van der Waals surface area contributed by atoms with Gasteiger partial charge in [-0.05, 0) is 30.2 Å². The number of hydrogen-bond donors (Lipinski definition) is 2. The Balaban J connectivity index is 3.19. The van der Waals surface area contributed by atoms with Gasteiger partial charge >= 0.3 is 5.97 Å². The highest BCUT2D eigenvalue weighted by atomic mass is 16.4. The Morgan fingerprint density at radius 2 is 2.29 bits per heavy atom. The van der Waals surface area contributed by atoms with Crippen molar-refractivity contribution in [3.05, 3.63) is 28.8 Å². The quantitative estimate of drug-likeness (QED) is 0.683. The summed E-state index contributed by atoms with van der Waals surface area (Å²) in [4.78, 5) is 10.5. The minimum absolute atomic E-state index is 0.108. The summed E-state index contributed by atoms with van der Waals surface area (Å²) in [5.41, 5.74) is 7.77. The number of nitrogen functional groups attached to an aromatic ring is 1. The number of rotatable bonds is 2. The number of hydrogen-bond acceptors (Lipinski definition) is 3. The van der Waals surface area contributed by atoms with E-state index >= 15 is 0 Å². The average molecular weight is 190 g/mol. The Labute approximate surface area is 81.6 Å². The number of aryl methyl sites for hydroxylation is 1. The average Bonchev–Trinajstić information content (AvgIpc) is 2.10. The molecule has 0 spiro atoms. The van der Waals surface area contributed by atoms with Gasteiger partial charge in [0, 0.05) is 5.69 Å². The lowest BCUT2D eigenvalue weighted by Crippen LogP contribution is -2.06. The fourth-order valence-corrected chi connectivity index (χ4v) is 1.30. The van der Waals surface area contributed by atoms with Gasteiger partial charge in [0.25, 0.3) is 0 Å². The lowest BCUT2D eigenvalue weighted by Gasteiger charge is -2.07. The van der Waals surface area contributed by atoms with Crippen LogP contribution in [-0.2, 0) is 11.2 Å². The number of anilines is 1. The summed E-state index contributed by atoms with van der Waals surface area (Å²) in [6.07, 6.45) is -0.108. The van der Waals surface area contributed by atoms with Gasteiger partial charge in [0.1, 0.15) is 0 Å². The van der Waals surface area contributed by atoms with Crippen molar-refractivity contribution in [2.45, 2.75) is 13.3 Å². The molecule has 0 aromatic heterocycles. The summed E-state index contributed by atoms with van der Waals surface area (Å²) in [5, 5.41) is 17.3. The Morgan fingerprint density at radius 3 is 2.71 bits per heavy atom. The first-order chi connectivity index (χ1) is 6.54. The van der Waals surface area contributed by atoms with Crippen molar-refractivity contribution in [1.82, 2.24) is 0 Å². The molecule has 0 aliphatic rings. The van der Waals surface area contributed by atoms with E-state index in [1.807, 2.05) is 6.07 Å². The number of nitriles is 1. The van der Waals surface area contributed by atoms with Gasteiger partial charge in [-0.2, -0.15) is 5.26 Å². The van der Waals surface area contributed by atoms with Crippen molar-refractivity contribution < 1.29 is 9.90 Å². The molecular weight excluding hydrogens is 180 g/mol. The first-order valence-corrected chi connectivity index (χ1v) is 4.05. The highest BCUT2D eigenvalue weighted by Crippen LogP contribution is 2.19. The lowest BCUT2D eigenvalue weighted by atomic mass is 10.0. The van der Waals surface area contributed by atoms with Gasteiger partial charge in [-0.25, -0.2) is 0 Å². The highest BCUT2D eigenvalue weighted by molar-refractivity contribution is 5.74. The molecule has 1 rings (SSSR count). The summed E-state index contributed by atoms with van der Waals surface area (Å²) in [6.45, 7) is 1.75. The Hall–Kier alpha value is -2.02. The van der Waals surface area contributed by atoms with Crippen LogP contribution in [0.5, 0.6) is 0 Å². The maximum absolute atomic E-state index is 10.5. The fourth-order valence-electron chi connectivity index (χ4n) is 1.30. The molecule has 0 aliphatic heterocycles. The second-order valence-corrected chi connectivity index (χ2v) is 3.04. The van der Waals surface area contributed by atoms with Crippen LogP contribution in [0.15, 0.2) is 12.1 Å². The highest BCUT2D eigenvalue weighted by Gasteiger charge is 2.09. The van der Waals surface area contributed by atoms with Gasteiger partial charge in [0.15, 0.2) is 0 Å². The number of carboxylic acid groups (broad SMARTS) is 1. The maximum atomic E-state index is 10.5. The number of benzene rings is 1. The second kappa shape index (κ2) is 3.79. The Kier molecular flexibility index (Phi) is 2.73. The molecule has 0 atom stereocenters. The van der Waals surface area contributed by atoms with Gasteiger partial charge in [0.2, 0.25) is 0 Å². The predicted octanol–water partition coefficient (Wildman–Crippen LogP) is 1.08. The van der Waals surface area contributed by atoms with E-state index in [-0.39, 0.29) is 6.42 Å². The van der Waals surface area contributed by atoms with Crippen LogP contribution in [0.3, 0.4) is 0 Å². The van der Waals surface area contributed by atoms with E-state index in [4.69, 9.17) is 16.1 Å².